The fourth-order valence-corrected chi connectivity index (χ4v) is 2.77. The van der Waals surface area contributed by atoms with Crippen LogP contribution in [0.25, 0.3) is 5.65 Å². The summed E-state index contributed by atoms with van der Waals surface area (Å²) in [6.07, 6.45) is 0. The Morgan fingerprint density at radius 2 is 2.05 bits per heavy atom. The lowest BCUT2D eigenvalue weighted by molar-refractivity contribution is 0.344. The number of fused-ring (bicyclic) bond motifs is 1. The van der Waals surface area contributed by atoms with E-state index in [2.05, 4.69) is 4.98 Å². The first-order valence-corrected chi connectivity index (χ1v) is 7.41. The molecule has 0 spiro atoms. The predicted molar refractivity (Wildman–Crippen MR) is 81.0 cm³/mol. The van der Waals surface area contributed by atoms with Gasteiger partial charge in [0, 0.05) is 22.8 Å². The van der Waals surface area contributed by atoms with Crippen LogP contribution in [0.3, 0.4) is 0 Å². The van der Waals surface area contributed by atoms with Crippen LogP contribution >= 0.6 is 11.8 Å². The second kappa shape index (κ2) is 5.65. The molecule has 3 rings (SSSR count). The minimum absolute atomic E-state index is 0.196. The van der Waals surface area contributed by atoms with Gasteiger partial charge >= 0.3 is 0 Å². The highest BCUT2D eigenvalue weighted by molar-refractivity contribution is 7.98. The molecule has 6 heteroatoms. The largest absolute Gasteiger partial charge is 0.497 e. The number of rotatable bonds is 4. The summed E-state index contributed by atoms with van der Waals surface area (Å²) in [6.45, 7) is 1.79. The second-order valence-corrected chi connectivity index (χ2v) is 5.60. The van der Waals surface area contributed by atoms with Gasteiger partial charge in [-0.25, -0.2) is 4.98 Å². The Hall–Kier alpha value is -2.21. The maximum atomic E-state index is 11.9. The molecule has 0 amide bonds. The summed E-state index contributed by atoms with van der Waals surface area (Å²) in [5.41, 5.74) is 1.09. The summed E-state index contributed by atoms with van der Waals surface area (Å²) in [4.78, 5) is 17.4. The van der Waals surface area contributed by atoms with Crippen molar-refractivity contribution in [1.29, 1.82) is 0 Å². The van der Waals surface area contributed by atoms with Crippen molar-refractivity contribution >= 4 is 17.4 Å². The summed E-state index contributed by atoms with van der Waals surface area (Å²) < 4.78 is 11.6. The average molecular weight is 302 g/mol. The maximum Gasteiger partial charge on any atom is 0.287 e. The Morgan fingerprint density at radius 1 is 1.29 bits per heavy atom. The summed E-state index contributed by atoms with van der Waals surface area (Å²) >= 11 is 1.62. The van der Waals surface area contributed by atoms with Crippen LogP contribution in [0.5, 0.6) is 5.75 Å². The summed E-state index contributed by atoms with van der Waals surface area (Å²) in [5, 5.41) is 0. The SMILES string of the molecule is COc1ccc(SCc2cc(=O)n3oc(C)cc3n2)cc1. The van der Waals surface area contributed by atoms with Crippen molar-refractivity contribution in [2.45, 2.75) is 17.6 Å². The van der Waals surface area contributed by atoms with Crippen molar-refractivity contribution in [3.8, 4) is 5.75 Å². The van der Waals surface area contributed by atoms with Gasteiger partial charge in [0.2, 0.25) is 0 Å². The van der Waals surface area contributed by atoms with Gasteiger partial charge in [-0.3, -0.25) is 4.79 Å². The third kappa shape index (κ3) is 2.95. The quantitative estimate of drug-likeness (QED) is 0.694. The number of hydrogen-bond acceptors (Lipinski definition) is 5. The Balaban J connectivity index is 1.79. The average Bonchev–Trinajstić information content (AvgIpc) is 2.87. The molecular weight excluding hydrogens is 288 g/mol. The minimum atomic E-state index is -0.196. The normalized spacial score (nSPS) is 11.0. The molecule has 0 aliphatic rings. The summed E-state index contributed by atoms with van der Waals surface area (Å²) in [6, 6.07) is 11.0. The molecule has 0 aliphatic carbocycles. The number of aryl methyl sites for hydroxylation is 1. The van der Waals surface area contributed by atoms with Crippen molar-refractivity contribution in [3.63, 3.8) is 0 Å². The fraction of sp³-hybridized carbons (Fsp3) is 0.200. The number of methoxy groups -OCH3 is 1. The Morgan fingerprint density at radius 3 is 2.76 bits per heavy atom. The molecule has 0 saturated heterocycles. The van der Waals surface area contributed by atoms with Crippen LogP contribution in [0, 0.1) is 6.92 Å². The number of thioether (sulfide) groups is 1. The molecule has 0 fully saturated rings. The molecule has 2 aromatic heterocycles. The van der Waals surface area contributed by atoms with E-state index in [4.69, 9.17) is 9.26 Å². The van der Waals surface area contributed by atoms with Crippen LogP contribution < -0.4 is 10.3 Å². The Kier molecular flexibility index (Phi) is 3.70. The molecular formula is C15H14N2O3S. The van der Waals surface area contributed by atoms with Crippen molar-refractivity contribution in [2.24, 2.45) is 0 Å². The zero-order chi connectivity index (χ0) is 14.8. The van der Waals surface area contributed by atoms with E-state index in [1.54, 1.807) is 31.9 Å². The van der Waals surface area contributed by atoms with Crippen molar-refractivity contribution < 1.29 is 9.26 Å². The van der Waals surface area contributed by atoms with Crippen molar-refractivity contribution in [2.75, 3.05) is 7.11 Å². The Bertz CT molecular complexity index is 821. The molecule has 5 nitrogen and oxygen atoms in total. The van der Waals surface area contributed by atoms with Gasteiger partial charge in [0.1, 0.15) is 11.5 Å². The first kappa shape index (κ1) is 13.8. The van der Waals surface area contributed by atoms with E-state index in [9.17, 15) is 4.79 Å². The summed E-state index contributed by atoms with van der Waals surface area (Å²) in [7, 11) is 1.64. The van der Waals surface area contributed by atoms with Crippen LogP contribution in [-0.2, 0) is 5.75 Å². The molecule has 2 heterocycles. The van der Waals surface area contributed by atoms with Gasteiger partial charge in [0.15, 0.2) is 5.65 Å². The van der Waals surface area contributed by atoms with E-state index < -0.39 is 0 Å². The first-order valence-electron chi connectivity index (χ1n) is 6.42. The molecule has 0 atom stereocenters. The van der Waals surface area contributed by atoms with E-state index in [0.717, 1.165) is 16.3 Å². The smallest absolute Gasteiger partial charge is 0.287 e. The molecule has 0 aliphatic heterocycles. The van der Waals surface area contributed by atoms with Crippen LogP contribution in [0.1, 0.15) is 11.5 Å². The van der Waals surface area contributed by atoms with Gasteiger partial charge in [-0.2, -0.15) is 0 Å². The van der Waals surface area contributed by atoms with Gasteiger partial charge < -0.3 is 9.26 Å². The Labute approximate surface area is 125 Å². The molecule has 0 saturated carbocycles. The van der Waals surface area contributed by atoms with E-state index in [0.29, 0.717) is 17.2 Å². The van der Waals surface area contributed by atoms with Crippen molar-refractivity contribution in [1.82, 2.24) is 9.56 Å². The molecule has 1 aromatic carbocycles. The monoisotopic (exact) mass is 302 g/mol. The topological polar surface area (TPSA) is 56.7 Å². The van der Waals surface area contributed by atoms with E-state index >= 15 is 0 Å². The first-order chi connectivity index (χ1) is 10.2. The minimum Gasteiger partial charge on any atom is -0.497 e. The third-order valence-corrected chi connectivity index (χ3v) is 4.02. The molecule has 0 unspecified atom stereocenters. The highest BCUT2D eigenvalue weighted by Crippen LogP contribution is 2.24. The number of nitrogens with zero attached hydrogens (tertiary/aromatic N) is 2. The summed E-state index contributed by atoms with van der Waals surface area (Å²) in [5.74, 6) is 2.12. The highest BCUT2D eigenvalue weighted by Gasteiger charge is 2.07. The predicted octanol–water partition coefficient (Wildman–Crippen LogP) is 2.90. The van der Waals surface area contributed by atoms with E-state index in [1.165, 1.54) is 10.6 Å². The van der Waals surface area contributed by atoms with Crippen LogP contribution in [0.4, 0.5) is 0 Å². The molecule has 3 aromatic rings. The molecule has 108 valence electrons. The number of aromatic nitrogens is 2. The highest BCUT2D eigenvalue weighted by atomic mass is 32.2. The van der Waals surface area contributed by atoms with Gasteiger partial charge in [-0.15, -0.1) is 16.3 Å². The standard InChI is InChI=1S/C15H14N2O3S/c1-10-7-14-16-11(8-15(18)17(14)20-10)9-21-13-5-3-12(19-2)4-6-13/h3-8H,9H2,1-2H3. The van der Waals surface area contributed by atoms with Crippen LogP contribution in [-0.4, -0.2) is 16.7 Å². The number of ether oxygens (including phenoxy) is 1. The van der Waals surface area contributed by atoms with E-state index in [1.807, 2.05) is 24.3 Å². The van der Waals surface area contributed by atoms with Crippen LogP contribution in [0.2, 0.25) is 0 Å². The number of benzene rings is 1. The van der Waals surface area contributed by atoms with Gasteiger partial charge in [-0.1, -0.05) is 0 Å². The van der Waals surface area contributed by atoms with Gasteiger partial charge in [0.05, 0.1) is 12.8 Å². The molecule has 0 radical (unpaired) electrons. The second-order valence-electron chi connectivity index (χ2n) is 4.55. The van der Waals surface area contributed by atoms with Gasteiger partial charge in [-0.05, 0) is 31.2 Å². The lowest BCUT2D eigenvalue weighted by atomic mass is 10.3. The number of hydrogen-bond donors (Lipinski definition) is 0. The van der Waals surface area contributed by atoms with Crippen molar-refractivity contribution in [3.05, 3.63) is 58.2 Å². The molecule has 0 bridgehead atoms. The lowest BCUT2D eigenvalue weighted by Gasteiger charge is -2.03. The maximum absolute atomic E-state index is 11.9. The molecule has 0 N–H and O–H groups in total. The van der Waals surface area contributed by atoms with E-state index in [-0.39, 0.29) is 5.56 Å². The third-order valence-electron chi connectivity index (χ3n) is 2.97. The zero-order valence-corrected chi connectivity index (χ0v) is 12.5. The fourth-order valence-electron chi connectivity index (χ4n) is 1.98. The zero-order valence-electron chi connectivity index (χ0n) is 11.7. The van der Waals surface area contributed by atoms with Crippen LogP contribution in [0.15, 0.2) is 50.6 Å². The lowest BCUT2D eigenvalue weighted by Crippen LogP contribution is -2.12. The van der Waals surface area contributed by atoms with Gasteiger partial charge in [0.25, 0.3) is 5.56 Å². The molecule has 21 heavy (non-hydrogen) atoms.